The van der Waals surface area contributed by atoms with Crippen LogP contribution in [0.15, 0.2) is 45.8 Å². The minimum absolute atomic E-state index is 0.0182. The number of nitrogens with one attached hydrogen (secondary N) is 1. The Hall–Kier alpha value is -1.65. The topological polar surface area (TPSA) is 73.0 Å². The van der Waals surface area contributed by atoms with Gasteiger partial charge >= 0.3 is 0 Å². The fourth-order valence-corrected chi connectivity index (χ4v) is 7.16. The van der Waals surface area contributed by atoms with Gasteiger partial charge in [0.1, 0.15) is 0 Å². The normalized spacial score (nSPS) is 18.9. The van der Waals surface area contributed by atoms with Crippen molar-refractivity contribution < 1.29 is 13.2 Å². The molecule has 0 bridgehead atoms. The van der Waals surface area contributed by atoms with Crippen molar-refractivity contribution in [3.05, 3.63) is 51.5 Å². The number of hydrogen-bond acceptors (Lipinski definition) is 5. The molecule has 1 saturated heterocycles. The molecule has 1 fully saturated rings. The zero-order chi connectivity index (χ0) is 24.5. The summed E-state index contributed by atoms with van der Waals surface area (Å²) >= 11 is 9.53. The Balaban J connectivity index is 1.30. The zero-order valence-electron chi connectivity index (χ0n) is 19.4. The Morgan fingerprint density at radius 1 is 1.18 bits per heavy atom. The molecule has 1 N–H and O–H groups in total. The van der Waals surface area contributed by atoms with Gasteiger partial charge in [-0.15, -0.1) is 0 Å². The van der Waals surface area contributed by atoms with Crippen molar-refractivity contribution in [3.8, 4) is 0 Å². The van der Waals surface area contributed by atoms with Crippen molar-refractivity contribution in [2.24, 2.45) is 0 Å². The first-order valence-corrected chi connectivity index (χ1v) is 14.2. The van der Waals surface area contributed by atoms with E-state index in [4.69, 9.17) is 11.6 Å². The van der Waals surface area contributed by atoms with Crippen LogP contribution in [-0.2, 0) is 21.2 Å². The first-order valence-electron chi connectivity index (χ1n) is 11.5. The maximum Gasteiger partial charge on any atom is 0.241 e. The van der Waals surface area contributed by atoms with E-state index in [9.17, 15) is 13.2 Å². The monoisotopic (exact) mass is 568 g/mol. The van der Waals surface area contributed by atoms with Gasteiger partial charge in [-0.25, -0.2) is 13.1 Å². The van der Waals surface area contributed by atoms with Gasteiger partial charge in [-0.1, -0.05) is 17.7 Å². The van der Waals surface area contributed by atoms with Crippen molar-refractivity contribution in [1.29, 1.82) is 0 Å². The third kappa shape index (κ3) is 5.60. The summed E-state index contributed by atoms with van der Waals surface area (Å²) in [5, 5.41) is 0.741. The van der Waals surface area contributed by atoms with E-state index in [0.29, 0.717) is 23.1 Å². The number of halogens is 2. The summed E-state index contributed by atoms with van der Waals surface area (Å²) in [6, 6.07) is 11.4. The van der Waals surface area contributed by atoms with Gasteiger partial charge < -0.3 is 9.80 Å². The SMILES string of the molecule is CC(=O)N1c2cc(S(=O)(=O)NCCCN3CCN(c4cccc(Cl)c4)CC3)c(Br)cc2CC1C. The molecule has 0 aromatic heterocycles. The predicted molar refractivity (Wildman–Crippen MR) is 140 cm³/mol. The van der Waals surface area contributed by atoms with Gasteiger partial charge in [0.25, 0.3) is 0 Å². The summed E-state index contributed by atoms with van der Waals surface area (Å²) in [5.41, 5.74) is 2.80. The minimum atomic E-state index is -3.71. The molecule has 34 heavy (non-hydrogen) atoms. The number of anilines is 2. The molecule has 2 heterocycles. The van der Waals surface area contributed by atoms with E-state index in [1.807, 2.05) is 31.2 Å². The van der Waals surface area contributed by atoms with Crippen LogP contribution in [0.3, 0.4) is 0 Å². The highest BCUT2D eigenvalue weighted by molar-refractivity contribution is 9.10. The molecular weight excluding hydrogens is 540 g/mol. The van der Waals surface area contributed by atoms with Crippen LogP contribution < -0.4 is 14.5 Å². The molecule has 1 unspecified atom stereocenters. The van der Waals surface area contributed by atoms with Crippen molar-refractivity contribution in [3.63, 3.8) is 0 Å². The summed E-state index contributed by atoms with van der Waals surface area (Å²) in [4.78, 5) is 18.6. The smallest absolute Gasteiger partial charge is 0.241 e. The molecule has 2 aromatic rings. The van der Waals surface area contributed by atoms with E-state index in [-0.39, 0.29) is 16.8 Å². The van der Waals surface area contributed by atoms with Gasteiger partial charge in [0.05, 0.1) is 4.90 Å². The van der Waals surface area contributed by atoms with E-state index in [1.54, 1.807) is 11.0 Å². The zero-order valence-corrected chi connectivity index (χ0v) is 22.6. The quantitative estimate of drug-likeness (QED) is 0.512. The molecule has 2 aliphatic heterocycles. The average molecular weight is 570 g/mol. The summed E-state index contributed by atoms with van der Waals surface area (Å²) in [6.45, 7) is 8.34. The fourth-order valence-electron chi connectivity index (χ4n) is 4.79. The second-order valence-electron chi connectivity index (χ2n) is 8.91. The Morgan fingerprint density at radius 3 is 2.59 bits per heavy atom. The summed E-state index contributed by atoms with van der Waals surface area (Å²) in [7, 11) is -3.71. The lowest BCUT2D eigenvalue weighted by Gasteiger charge is -2.36. The number of nitrogens with zero attached hydrogens (tertiary/aromatic N) is 3. The van der Waals surface area contributed by atoms with Crippen LogP contribution in [-0.4, -0.2) is 64.5 Å². The highest BCUT2D eigenvalue weighted by Gasteiger charge is 2.32. The lowest BCUT2D eigenvalue weighted by atomic mass is 10.1. The van der Waals surface area contributed by atoms with E-state index in [1.165, 1.54) is 6.92 Å². The van der Waals surface area contributed by atoms with Crippen LogP contribution in [0.2, 0.25) is 5.02 Å². The van der Waals surface area contributed by atoms with E-state index < -0.39 is 10.0 Å². The van der Waals surface area contributed by atoms with Gasteiger partial charge in [0.15, 0.2) is 0 Å². The lowest BCUT2D eigenvalue weighted by Crippen LogP contribution is -2.47. The van der Waals surface area contributed by atoms with Crippen LogP contribution in [0.25, 0.3) is 0 Å². The first kappa shape index (κ1) is 25.4. The second-order valence-corrected chi connectivity index (χ2v) is 11.9. The molecule has 2 aliphatic rings. The Labute approximate surface area is 215 Å². The third-order valence-electron chi connectivity index (χ3n) is 6.47. The van der Waals surface area contributed by atoms with Gasteiger partial charge in [-0.2, -0.15) is 0 Å². The molecule has 7 nitrogen and oxygen atoms in total. The molecule has 4 rings (SSSR count). The predicted octanol–water partition coefficient (Wildman–Crippen LogP) is 3.89. The summed E-state index contributed by atoms with van der Waals surface area (Å²) in [6.07, 6.45) is 1.43. The van der Waals surface area contributed by atoms with Gasteiger partial charge in [0.2, 0.25) is 15.9 Å². The first-order chi connectivity index (χ1) is 16.2. The van der Waals surface area contributed by atoms with Crippen LogP contribution in [0.1, 0.15) is 25.8 Å². The highest BCUT2D eigenvalue weighted by Crippen LogP contribution is 2.37. The number of hydrogen-bond donors (Lipinski definition) is 1. The molecular formula is C24H30BrClN4O3S. The second kappa shape index (κ2) is 10.5. The summed E-state index contributed by atoms with van der Waals surface area (Å²) in [5.74, 6) is -0.0830. The van der Waals surface area contributed by atoms with Gasteiger partial charge in [-0.05, 0) is 78.1 Å². The number of carbonyl (C=O) groups is 1. The van der Waals surface area contributed by atoms with E-state index in [0.717, 1.165) is 55.4 Å². The number of rotatable bonds is 7. The van der Waals surface area contributed by atoms with Crippen LogP contribution >= 0.6 is 27.5 Å². The van der Waals surface area contributed by atoms with Crippen molar-refractivity contribution in [1.82, 2.24) is 9.62 Å². The maximum atomic E-state index is 13.0. The molecule has 0 radical (unpaired) electrons. The number of benzene rings is 2. The van der Waals surface area contributed by atoms with Crippen LogP contribution in [0.4, 0.5) is 11.4 Å². The van der Waals surface area contributed by atoms with Gasteiger partial charge in [-0.3, -0.25) is 9.69 Å². The number of carbonyl (C=O) groups excluding carboxylic acids is 1. The molecule has 0 saturated carbocycles. The Kier molecular flexibility index (Phi) is 7.89. The largest absolute Gasteiger partial charge is 0.369 e. The summed E-state index contributed by atoms with van der Waals surface area (Å²) < 4.78 is 29.3. The lowest BCUT2D eigenvalue weighted by molar-refractivity contribution is -0.116. The highest BCUT2D eigenvalue weighted by atomic mass is 79.9. The van der Waals surface area contributed by atoms with Crippen molar-refractivity contribution in [2.45, 2.75) is 37.6 Å². The number of amides is 1. The van der Waals surface area contributed by atoms with E-state index >= 15 is 0 Å². The Bertz CT molecular complexity index is 1170. The number of fused-ring (bicyclic) bond motifs is 1. The molecule has 0 spiro atoms. The maximum absolute atomic E-state index is 13.0. The van der Waals surface area contributed by atoms with Crippen LogP contribution in [0, 0.1) is 0 Å². The molecule has 1 atom stereocenters. The van der Waals surface area contributed by atoms with Crippen molar-refractivity contribution >= 4 is 54.8 Å². The van der Waals surface area contributed by atoms with Crippen LogP contribution in [0.5, 0.6) is 0 Å². The fraction of sp³-hybridized carbons (Fsp3) is 0.458. The molecule has 1 amide bonds. The van der Waals surface area contributed by atoms with Gasteiger partial charge in [0, 0.05) is 66.6 Å². The van der Waals surface area contributed by atoms with E-state index in [2.05, 4.69) is 36.5 Å². The third-order valence-corrected chi connectivity index (χ3v) is 9.12. The minimum Gasteiger partial charge on any atom is -0.369 e. The molecule has 184 valence electrons. The molecule has 10 heteroatoms. The average Bonchev–Trinajstić information content (AvgIpc) is 3.11. The van der Waals surface area contributed by atoms with Crippen molar-refractivity contribution in [2.75, 3.05) is 49.1 Å². The number of piperazine rings is 1. The Morgan fingerprint density at radius 2 is 1.91 bits per heavy atom. The molecule has 0 aliphatic carbocycles. The standard InChI is InChI=1S/C24H30BrClN4O3S/c1-17-13-19-14-22(25)24(16-23(19)30(17)18(2)31)34(32,33)27-7-4-8-28-9-11-29(12-10-28)21-6-3-5-20(26)15-21/h3,5-6,14-17,27H,4,7-13H2,1-2H3. The molecule has 2 aromatic carbocycles. The number of sulfonamides is 1.